The minimum absolute atomic E-state index is 0. The van der Waals surface area contributed by atoms with Crippen molar-refractivity contribution in [2.24, 2.45) is 0 Å². The maximum Gasteiger partial charge on any atom is 0.314 e. The molecule has 28 heavy (non-hydrogen) atoms. The summed E-state index contributed by atoms with van der Waals surface area (Å²) in [5.74, 6) is 0.264. The highest BCUT2D eigenvalue weighted by Crippen LogP contribution is 2.41. The van der Waals surface area contributed by atoms with Gasteiger partial charge in [-0.25, -0.2) is 0 Å². The summed E-state index contributed by atoms with van der Waals surface area (Å²) in [5, 5.41) is 26.0. The molecule has 0 spiro atoms. The van der Waals surface area contributed by atoms with E-state index < -0.39 is 6.10 Å². The van der Waals surface area contributed by atoms with Crippen LogP contribution in [0.5, 0.6) is 5.75 Å². The van der Waals surface area contributed by atoms with Gasteiger partial charge in [0.15, 0.2) is 5.75 Å². The molecule has 2 N–H and O–H groups in total. The molecule has 0 bridgehead atoms. The molecule has 0 unspecified atom stereocenters. The third kappa shape index (κ3) is 4.14. The van der Waals surface area contributed by atoms with E-state index in [2.05, 4.69) is 5.32 Å². The first kappa shape index (κ1) is 20.6. The average molecular weight is 405 g/mol. The molecular formula is C21H25ClN2O4. The van der Waals surface area contributed by atoms with Crippen LogP contribution >= 0.6 is 12.4 Å². The zero-order valence-electron chi connectivity index (χ0n) is 15.5. The van der Waals surface area contributed by atoms with E-state index in [0.29, 0.717) is 30.0 Å². The van der Waals surface area contributed by atoms with Crippen LogP contribution in [0.2, 0.25) is 0 Å². The molecule has 150 valence electrons. The van der Waals surface area contributed by atoms with E-state index in [9.17, 15) is 15.2 Å². The van der Waals surface area contributed by atoms with Crippen molar-refractivity contribution in [2.45, 2.75) is 56.9 Å². The lowest BCUT2D eigenvalue weighted by Gasteiger charge is -2.37. The second-order valence-corrected chi connectivity index (χ2v) is 7.40. The number of fused-ring (bicyclic) bond motifs is 1. The normalized spacial score (nSPS) is 21.2. The molecule has 4 rings (SSSR count). The molecule has 7 heteroatoms. The number of nitro benzene ring substituents is 1. The van der Waals surface area contributed by atoms with E-state index in [-0.39, 0.29) is 41.4 Å². The van der Waals surface area contributed by atoms with E-state index in [4.69, 9.17) is 4.74 Å². The van der Waals surface area contributed by atoms with Gasteiger partial charge in [-0.15, -0.1) is 12.4 Å². The molecule has 2 atom stereocenters. The highest BCUT2D eigenvalue weighted by atomic mass is 35.5. The molecule has 0 radical (unpaired) electrons. The Kier molecular flexibility index (Phi) is 6.54. The minimum atomic E-state index is -0.726. The molecule has 2 aliphatic carbocycles. The first-order valence-corrected chi connectivity index (χ1v) is 9.54. The number of hydrogen-bond acceptors (Lipinski definition) is 5. The monoisotopic (exact) mass is 404 g/mol. The van der Waals surface area contributed by atoms with Crippen LogP contribution in [-0.4, -0.2) is 22.1 Å². The molecule has 2 aliphatic rings. The number of benzene rings is 2. The van der Waals surface area contributed by atoms with Crippen LogP contribution in [0.15, 0.2) is 42.5 Å². The molecule has 2 aromatic rings. The fourth-order valence-corrected chi connectivity index (χ4v) is 3.95. The summed E-state index contributed by atoms with van der Waals surface area (Å²) in [4.78, 5) is 11.4. The maximum absolute atomic E-state index is 11.8. The van der Waals surface area contributed by atoms with Crippen LogP contribution in [0.25, 0.3) is 0 Å². The van der Waals surface area contributed by atoms with Gasteiger partial charge in [0.25, 0.3) is 0 Å². The van der Waals surface area contributed by atoms with Crippen LogP contribution in [0.3, 0.4) is 0 Å². The van der Waals surface area contributed by atoms with Gasteiger partial charge in [-0.3, -0.25) is 10.1 Å². The lowest BCUT2D eigenvalue weighted by Crippen LogP contribution is -2.47. The molecule has 0 amide bonds. The lowest BCUT2D eigenvalue weighted by molar-refractivity contribution is -0.386. The van der Waals surface area contributed by atoms with Gasteiger partial charge in [-0.2, -0.15) is 0 Å². The zero-order valence-corrected chi connectivity index (χ0v) is 16.4. The van der Waals surface area contributed by atoms with E-state index in [1.54, 1.807) is 12.1 Å². The van der Waals surface area contributed by atoms with Gasteiger partial charge in [0, 0.05) is 17.6 Å². The number of halogens is 1. The first-order chi connectivity index (χ1) is 13.1. The molecule has 0 saturated heterocycles. The number of rotatable bonds is 6. The Labute approximate surface area is 170 Å². The number of ether oxygens (including phenoxy) is 1. The van der Waals surface area contributed by atoms with Crippen molar-refractivity contribution in [1.82, 2.24) is 5.32 Å². The predicted molar refractivity (Wildman–Crippen MR) is 109 cm³/mol. The molecular weight excluding hydrogens is 380 g/mol. The van der Waals surface area contributed by atoms with Gasteiger partial charge in [0.2, 0.25) is 0 Å². The maximum atomic E-state index is 11.8. The third-order valence-electron chi connectivity index (χ3n) is 5.66. The molecule has 0 aromatic heterocycles. The summed E-state index contributed by atoms with van der Waals surface area (Å²) >= 11 is 0. The quantitative estimate of drug-likeness (QED) is 0.559. The van der Waals surface area contributed by atoms with Crippen LogP contribution in [0.1, 0.15) is 48.5 Å². The van der Waals surface area contributed by atoms with Crippen molar-refractivity contribution in [2.75, 3.05) is 0 Å². The second kappa shape index (κ2) is 8.90. The summed E-state index contributed by atoms with van der Waals surface area (Å²) in [6.07, 6.45) is 4.04. The third-order valence-corrected chi connectivity index (χ3v) is 5.66. The summed E-state index contributed by atoms with van der Waals surface area (Å²) in [7, 11) is 0. The smallest absolute Gasteiger partial charge is 0.314 e. The molecule has 1 fully saturated rings. The van der Waals surface area contributed by atoms with Gasteiger partial charge < -0.3 is 15.2 Å². The van der Waals surface area contributed by atoms with Crippen molar-refractivity contribution in [3.8, 4) is 5.75 Å². The van der Waals surface area contributed by atoms with Crippen LogP contribution in [-0.2, 0) is 13.0 Å². The van der Waals surface area contributed by atoms with E-state index in [0.717, 1.165) is 18.4 Å². The largest absolute Gasteiger partial charge is 0.482 e. The zero-order chi connectivity index (χ0) is 18.8. The fourth-order valence-electron chi connectivity index (χ4n) is 3.95. The van der Waals surface area contributed by atoms with Gasteiger partial charge in [-0.1, -0.05) is 42.8 Å². The van der Waals surface area contributed by atoms with Gasteiger partial charge in [0.05, 0.1) is 11.0 Å². The molecule has 0 aliphatic heterocycles. The number of nitrogens with zero attached hydrogens (tertiary/aromatic N) is 1. The standard InChI is InChI=1S/C21H24N2O4.ClH/c24-21-17-10-12-19(27-13-14-5-2-1-3-6-14)20(23(25)26)16(17)9-11-18(21)22-15-7-4-8-15;/h1-3,5-6,10,12,15,18,21-22,24H,4,7-9,11,13H2;1H/t18-,21-;/m0./s1. The van der Waals surface area contributed by atoms with Crippen LogP contribution < -0.4 is 10.1 Å². The van der Waals surface area contributed by atoms with E-state index in [1.807, 2.05) is 30.3 Å². The van der Waals surface area contributed by atoms with Crippen molar-refractivity contribution in [1.29, 1.82) is 0 Å². The summed E-state index contributed by atoms with van der Waals surface area (Å²) in [5.41, 5.74) is 2.19. The Morgan fingerprint density at radius 3 is 2.54 bits per heavy atom. The number of hydrogen-bond donors (Lipinski definition) is 2. The van der Waals surface area contributed by atoms with Crippen molar-refractivity contribution in [3.05, 3.63) is 69.3 Å². The number of aliphatic hydroxyl groups excluding tert-OH is 1. The molecule has 2 aromatic carbocycles. The SMILES string of the molecule is Cl.O=[N+]([O-])c1c(OCc2ccccc2)ccc2c1CC[C@H](NC1CCC1)[C@H]2O. The summed E-state index contributed by atoms with van der Waals surface area (Å²) < 4.78 is 5.76. The molecule has 1 saturated carbocycles. The second-order valence-electron chi connectivity index (χ2n) is 7.40. The van der Waals surface area contributed by atoms with E-state index in [1.165, 1.54) is 6.42 Å². The Balaban J connectivity index is 0.00000225. The number of nitrogens with one attached hydrogen (secondary N) is 1. The Hall–Kier alpha value is -2.15. The van der Waals surface area contributed by atoms with Crippen molar-refractivity contribution in [3.63, 3.8) is 0 Å². The molecule has 0 heterocycles. The van der Waals surface area contributed by atoms with Crippen molar-refractivity contribution < 1.29 is 14.8 Å². The van der Waals surface area contributed by atoms with Crippen LogP contribution in [0.4, 0.5) is 5.69 Å². The minimum Gasteiger partial charge on any atom is -0.482 e. The number of nitro groups is 1. The highest BCUT2D eigenvalue weighted by molar-refractivity contribution is 5.85. The lowest BCUT2D eigenvalue weighted by atomic mass is 9.83. The Bertz CT molecular complexity index is 827. The van der Waals surface area contributed by atoms with Gasteiger partial charge in [-0.05, 0) is 42.9 Å². The van der Waals surface area contributed by atoms with E-state index >= 15 is 0 Å². The Morgan fingerprint density at radius 2 is 1.89 bits per heavy atom. The summed E-state index contributed by atoms with van der Waals surface area (Å²) in [6.45, 7) is 0.273. The highest BCUT2D eigenvalue weighted by Gasteiger charge is 2.36. The van der Waals surface area contributed by atoms with Gasteiger partial charge >= 0.3 is 5.69 Å². The van der Waals surface area contributed by atoms with Crippen molar-refractivity contribution >= 4 is 18.1 Å². The Morgan fingerprint density at radius 1 is 1.14 bits per heavy atom. The van der Waals surface area contributed by atoms with Crippen LogP contribution in [0, 0.1) is 10.1 Å². The first-order valence-electron chi connectivity index (χ1n) is 9.54. The fraction of sp³-hybridized carbons (Fsp3) is 0.429. The predicted octanol–water partition coefficient (Wildman–Crippen LogP) is 4.09. The van der Waals surface area contributed by atoms with Gasteiger partial charge in [0.1, 0.15) is 6.61 Å². The summed E-state index contributed by atoms with van der Waals surface area (Å²) in [6, 6.07) is 13.4. The topological polar surface area (TPSA) is 84.6 Å². The number of aliphatic hydroxyl groups is 1. The molecule has 6 nitrogen and oxygen atoms in total. The average Bonchev–Trinajstić information content (AvgIpc) is 2.64.